The first-order valence-electron chi connectivity index (χ1n) is 7.84. The molecule has 5 nitrogen and oxygen atoms in total. The van der Waals surface area contributed by atoms with Crippen LogP contribution in [0.3, 0.4) is 0 Å². The van der Waals surface area contributed by atoms with E-state index in [1.54, 1.807) is 18.2 Å². The van der Waals surface area contributed by atoms with Crippen LogP contribution in [-0.2, 0) is 0 Å². The first-order chi connectivity index (χ1) is 11.7. The quantitative estimate of drug-likeness (QED) is 0.715. The molecule has 0 aliphatic heterocycles. The minimum atomic E-state index is -0.546. The van der Waals surface area contributed by atoms with Crippen LogP contribution < -0.4 is 15.8 Å². The van der Waals surface area contributed by atoms with Crippen molar-refractivity contribution in [1.29, 1.82) is 0 Å². The summed E-state index contributed by atoms with van der Waals surface area (Å²) >= 11 is 4.77. The molecule has 25 heavy (non-hydrogen) atoms. The largest absolute Gasteiger partial charge is 0.492 e. The second-order valence-electron chi connectivity index (χ2n) is 6.16. The lowest BCUT2D eigenvalue weighted by atomic mass is 10.1. The molecule has 0 unspecified atom stereocenters. The zero-order valence-corrected chi connectivity index (χ0v) is 17.0. The summed E-state index contributed by atoms with van der Waals surface area (Å²) in [6.07, 6.45) is 0. The number of thiophene rings is 1. The number of ether oxygens (including phenoxy) is 1. The van der Waals surface area contributed by atoms with Gasteiger partial charge in [0.1, 0.15) is 10.8 Å². The van der Waals surface area contributed by atoms with Crippen LogP contribution in [0.25, 0.3) is 0 Å². The molecule has 1 aromatic heterocycles. The number of carbonyl (C=O) groups is 2. The molecule has 134 valence electrons. The molecule has 0 aliphatic rings. The number of hydrogen-bond acceptors (Lipinski definition) is 4. The normalized spacial score (nSPS) is 10.8. The Labute approximate surface area is 159 Å². The molecule has 3 N–H and O–H groups in total. The van der Waals surface area contributed by atoms with Crippen molar-refractivity contribution in [3.8, 4) is 5.75 Å². The maximum Gasteiger partial charge on any atom is 0.256 e. The van der Waals surface area contributed by atoms with Gasteiger partial charge in [-0.15, -0.1) is 11.3 Å². The summed E-state index contributed by atoms with van der Waals surface area (Å²) in [5.74, 6) is 0.244. The van der Waals surface area contributed by atoms with Crippen molar-refractivity contribution < 1.29 is 14.3 Å². The molecule has 1 heterocycles. The van der Waals surface area contributed by atoms with E-state index < -0.39 is 5.91 Å². The Kier molecular flexibility index (Phi) is 6.24. The van der Waals surface area contributed by atoms with Crippen molar-refractivity contribution in [2.75, 3.05) is 11.9 Å². The van der Waals surface area contributed by atoms with Crippen LogP contribution in [0.4, 0.5) is 5.00 Å². The fourth-order valence-electron chi connectivity index (χ4n) is 2.20. The highest BCUT2D eigenvalue weighted by Crippen LogP contribution is 2.33. The number of carbonyl (C=O) groups excluding carboxylic acids is 2. The first-order valence-corrected chi connectivity index (χ1v) is 9.45. The Morgan fingerprint density at radius 3 is 2.56 bits per heavy atom. The van der Waals surface area contributed by atoms with Crippen LogP contribution in [0.5, 0.6) is 5.75 Å². The van der Waals surface area contributed by atoms with Gasteiger partial charge < -0.3 is 15.8 Å². The van der Waals surface area contributed by atoms with Crippen LogP contribution >= 0.6 is 27.3 Å². The summed E-state index contributed by atoms with van der Waals surface area (Å²) in [5, 5.41) is 3.26. The van der Waals surface area contributed by atoms with E-state index in [4.69, 9.17) is 10.5 Å². The summed E-state index contributed by atoms with van der Waals surface area (Å²) in [6, 6.07) is 5.14. The number of halogens is 1. The predicted octanol–water partition coefficient (Wildman–Crippen LogP) is 4.51. The average molecular weight is 425 g/mol. The van der Waals surface area contributed by atoms with Gasteiger partial charge >= 0.3 is 0 Å². The van der Waals surface area contributed by atoms with Crippen molar-refractivity contribution in [3.63, 3.8) is 0 Å². The van der Waals surface area contributed by atoms with E-state index in [-0.39, 0.29) is 5.91 Å². The molecular formula is C18H21BrN2O3S. The third kappa shape index (κ3) is 4.61. The van der Waals surface area contributed by atoms with Gasteiger partial charge in [-0.25, -0.2) is 0 Å². The Bertz CT molecular complexity index is 815. The van der Waals surface area contributed by atoms with Crippen LogP contribution in [-0.4, -0.2) is 18.4 Å². The van der Waals surface area contributed by atoms with Crippen molar-refractivity contribution in [1.82, 2.24) is 0 Å². The molecule has 0 saturated carbocycles. The minimum Gasteiger partial charge on any atom is -0.492 e. The monoisotopic (exact) mass is 424 g/mol. The number of aryl methyl sites for hydroxylation is 1. The van der Waals surface area contributed by atoms with Gasteiger partial charge in [0.05, 0.1) is 16.6 Å². The van der Waals surface area contributed by atoms with Gasteiger partial charge in [0.25, 0.3) is 11.8 Å². The van der Waals surface area contributed by atoms with Crippen LogP contribution in [0.1, 0.15) is 45.0 Å². The molecule has 0 fully saturated rings. The molecule has 1 aromatic carbocycles. The van der Waals surface area contributed by atoms with E-state index in [0.29, 0.717) is 38.9 Å². The van der Waals surface area contributed by atoms with Gasteiger partial charge in [-0.3, -0.25) is 9.59 Å². The standard InChI is InChI=1S/C18H21BrN2O3S/c1-9(2)8-24-14-6-5-12(7-13(14)19)17(23)21-18-15(16(20)22)10(3)11(4)25-18/h5-7,9H,8H2,1-4H3,(H2,20,22)(H,21,23). The molecule has 0 radical (unpaired) electrons. The summed E-state index contributed by atoms with van der Waals surface area (Å²) < 4.78 is 6.39. The number of benzene rings is 1. The summed E-state index contributed by atoms with van der Waals surface area (Å²) in [5.41, 5.74) is 7.06. The van der Waals surface area contributed by atoms with Gasteiger partial charge in [0.2, 0.25) is 0 Å². The van der Waals surface area contributed by atoms with Gasteiger partial charge in [0.15, 0.2) is 0 Å². The molecule has 7 heteroatoms. The van der Waals surface area contributed by atoms with Crippen LogP contribution in [0.2, 0.25) is 0 Å². The van der Waals surface area contributed by atoms with Crippen molar-refractivity contribution in [3.05, 3.63) is 44.2 Å². The van der Waals surface area contributed by atoms with Gasteiger partial charge in [-0.05, 0) is 59.5 Å². The Morgan fingerprint density at radius 2 is 2.00 bits per heavy atom. The molecule has 2 amide bonds. The van der Waals surface area contributed by atoms with Crippen molar-refractivity contribution in [2.24, 2.45) is 11.7 Å². The molecular weight excluding hydrogens is 404 g/mol. The molecule has 0 bridgehead atoms. The number of hydrogen-bond donors (Lipinski definition) is 2. The highest BCUT2D eigenvalue weighted by atomic mass is 79.9. The second-order valence-corrected chi connectivity index (χ2v) is 8.23. The predicted molar refractivity (Wildman–Crippen MR) is 105 cm³/mol. The molecule has 0 atom stereocenters. The zero-order valence-electron chi connectivity index (χ0n) is 14.6. The zero-order chi connectivity index (χ0) is 18.7. The Hall–Kier alpha value is -1.86. The molecule has 0 spiro atoms. The molecule has 2 aromatic rings. The minimum absolute atomic E-state index is 0.306. The van der Waals surface area contributed by atoms with Crippen LogP contribution in [0.15, 0.2) is 22.7 Å². The topological polar surface area (TPSA) is 81.4 Å². The maximum absolute atomic E-state index is 12.5. The number of nitrogens with one attached hydrogen (secondary N) is 1. The third-order valence-corrected chi connectivity index (χ3v) is 5.37. The van der Waals surface area contributed by atoms with E-state index in [1.165, 1.54) is 11.3 Å². The highest BCUT2D eigenvalue weighted by Gasteiger charge is 2.20. The molecule has 0 saturated heterocycles. The van der Waals surface area contributed by atoms with Crippen molar-refractivity contribution >= 4 is 44.1 Å². The van der Waals surface area contributed by atoms with E-state index >= 15 is 0 Å². The molecule has 0 aliphatic carbocycles. The number of anilines is 1. The molecule has 2 rings (SSSR count). The van der Waals surface area contributed by atoms with Gasteiger partial charge in [0, 0.05) is 10.4 Å². The lowest BCUT2D eigenvalue weighted by Crippen LogP contribution is -2.17. The summed E-state index contributed by atoms with van der Waals surface area (Å²) in [7, 11) is 0. The lowest BCUT2D eigenvalue weighted by Gasteiger charge is -2.11. The SMILES string of the molecule is Cc1sc(NC(=O)c2ccc(OCC(C)C)c(Br)c2)c(C(N)=O)c1C. The number of amides is 2. The van der Waals surface area contributed by atoms with E-state index in [0.717, 1.165) is 10.4 Å². The van der Waals surface area contributed by atoms with E-state index in [1.807, 2.05) is 13.8 Å². The lowest BCUT2D eigenvalue weighted by molar-refractivity contribution is 0.100. The fourth-order valence-corrected chi connectivity index (χ4v) is 3.76. The Morgan fingerprint density at radius 1 is 1.32 bits per heavy atom. The van der Waals surface area contributed by atoms with Crippen molar-refractivity contribution in [2.45, 2.75) is 27.7 Å². The highest BCUT2D eigenvalue weighted by molar-refractivity contribution is 9.10. The van der Waals surface area contributed by atoms with Gasteiger partial charge in [-0.2, -0.15) is 0 Å². The third-order valence-electron chi connectivity index (χ3n) is 3.63. The van der Waals surface area contributed by atoms with Gasteiger partial charge in [-0.1, -0.05) is 13.8 Å². The number of rotatable bonds is 6. The summed E-state index contributed by atoms with van der Waals surface area (Å²) in [4.78, 5) is 25.1. The number of primary amides is 1. The summed E-state index contributed by atoms with van der Waals surface area (Å²) in [6.45, 7) is 8.44. The van der Waals surface area contributed by atoms with E-state index in [2.05, 4.69) is 35.1 Å². The Balaban J connectivity index is 2.21. The maximum atomic E-state index is 12.5. The first kappa shape index (κ1) is 19.5. The second kappa shape index (κ2) is 8.01. The smallest absolute Gasteiger partial charge is 0.256 e. The fraction of sp³-hybridized carbons (Fsp3) is 0.333. The average Bonchev–Trinajstić information content (AvgIpc) is 2.80. The number of nitrogens with two attached hydrogens (primary N) is 1. The van der Waals surface area contributed by atoms with Crippen LogP contribution in [0, 0.1) is 19.8 Å². The van der Waals surface area contributed by atoms with E-state index in [9.17, 15) is 9.59 Å².